The average Bonchev–Trinajstić information content (AvgIpc) is 2.39. The number of anilines is 1. The highest BCUT2D eigenvalue weighted by Crippen LogP contribution is 2.28. The van der Waals surface area contributed by atoms with Crippen LogP contribution in [0.2, 0.25) is 0 Å². The molecule has 2 nitrogen and oxygen atoms in total. The summed E-state index contributed by atoms with van der Waals surface area (Å²) in [5.41, 5.74) is 1.08. The van der Waals surface area contributed by atoms with Gasteiger partial charge < -0.3 is 5.32 Å². The van der Waals surface area contributed by atoms with Gasteiger partial charge in [0, 0.05) is 11.7 Å². The molecule has 1 aromatic carbocycles. The number of nitrogens with one attached hydrogen (secondary N) is 1. The second-order valence-electron chi connectivity index (χ2n) is 5.17. The lowest BCUT2D eigenvalue weighted by Gasteiger charge is -2.29. The van der Waals surface area contributed by atoms with Crippen molar-refractivity contribution in [3.05, 3.63) is 29.6 Å². The Morgan fingerprint density at radius 3 is 2.67 bits per heavy atom. The van der Waals surface area contributed by atoms with Gasteiger partial charge in [0.2, 0.25) is 0 Å². The minimum atomic E-state index is -0.354. The molecule has 1 aromatic rings. The molecule has 1 atom stereocenters. The molecule has 96 valence electrons. The Morgan fingerprint density at radius 1 is 1.28 bits per heavy atom. The Labute approximate surface area is 108 Å². The maximum Gasteiger partial charge on any atom is 0.126 e. The molecule has 1 fully saturated rings. The van der Waals surface area contributed by atoms with Crippen molar-refractivity contribution < 1.29 is 4.39 Å². The van der Waals surface area contributed by atoms with Gasteiger partial charge in [-0.25, -0.2) is 4.39 Å². The summed E-state index contributed by atoms with van der Waals surface area (Å²) in [7, 11) is 0. The fourth-order valence-corrected chi connectivity index (χ4v) is 2.75. The summed E-state index contributed by atoms with van der Waals surface area (Å²) in [5.74, 6) is 0.306. The molecule has 0 saturated heterocycles. The fraction of sp³-hybridized carbons (Fsp3) is 0.533. The minimum absolute atomic E-state index is 0.332. The zero-order valence-corrected chi connectivity index (χ0v) is 10.7. The first kappa shape index (κ1) is 12.9. The van der Waals surface area contributed by atoms with E-state index < -0.39 is 0 Å². The Hall–Kier alpha value is -1.56. The number of halogens is 1. The van der Waals surface area contributed by atoms with Crippen LogP contribution in [0.3, 0.4) is 0 Å². The number of hydrogen-bond acceptors (Lipinski definition) is 2. The molecule has 0 radical (unpaired) electrons. The molecular formula is C15H19FN2. The van der Waals surface area contributed by atoms with E-state index in [0.717, 1.165) is 0 Å². The molecule has 1 aliphatic rings. The molecule has 0 aliphatic heterocycles. The van der Waals surface area contributed by atoms with Gasteiger partial charge in [0.15, 0.2) is 0 Å². The molecule has 1 unspecified atom stereocenters. The number of nitriles is 1. The van der Waals surface area contributed by atoms with E-state index in [9.17, 15) is 4.39 Å². The third-order valence-electron chi connectivity index (χ3n) is 3.78. The Balaban J connectivity index is 2.04. The Morgan fingerprint density at radius 2 is 2.00 bits per heavy atom. The lowest BCUT2D eigenvalue weighted by molar-refractivity contribution is 0.328. The van der Waals surface area contributed by atoms with E-state index in [1.54, 1.807) is 6.07 Å². The van der Waals surface area contributed by atoms with E-state index in [4.69, 9.17) is 5.26 Å². The van der Waals surface area contributed by atoms with Crippen LogP contribution in [0.5, 0.6) is 0 Å². The van der Waals surface area contributed by atoms with Crippen molar-refractivity contribution in [2.24, 2.45) is 5.92 Å². The van der Waals surface area contributed by atoms with Gasteiger partial charge in [0.1, 0.15) is 5.82 Å². The lowest BCUT2D eigenvalue weighted by atomic mass is 9.84. The molecule has 0 spiro atoms. The summed E-state index contributed by atoms with van der Waals surface area (Å²) in [6.45, 7) is 2.15. The molecule has 1 aliphatic carbocycles. The molecule has 1 N–H and O–H groups in total. The number of nitrogens with zero attached hydrogens (tertiary/aromatic N) is 1. The molecule has 0 aromatic heterocycles. The number of hydrogen-bond donors (Lipinski definition) is 1. The summed E-state index contributed by atoms with van der Waals surface area (Å²) in [5, 5.41) is 12.2. The first-order chi connectivity index (χ1) is 8.69. The van der Waals surface area contributed by atoms with Crippen molar-refractivity contribution in [1.82, 2.24) is 0 Å². The van der Waals surface area contributed by atoms with Crippen LogP contribution in [0.25, 0.3) is 0 Å². The lowest BCUT2D eigenvalue weighted by Crippen LogP contribution is -2.27. The van der Waals surface area contributed by atoms with Crippen molar-refractivity contribution in [2.45, 2.75) is 45.1 Å². The van der Waals surface area contributed by atoms with Crippen molar-refractivity contribution in [3.8, 4) is 6.07 Å². The van der Waals surface area contributed by atoms with Crippen LogP contribution in [-0.4, -0.2) is 6.04 Å². The fourth-order valence-electron chi connectivity index (χ4n) is 2.75. The van der Waals surface area contributed by atoms with Crippen LogP contribution in [0, 0.1) is 23.1 Å². The van der Waals surface area contributed by atoms with Gasteiger partial charge in [-0.2, -0.15) is 5.26 Å². The van der Waals surface area contributed by atoms with Crippen LogP contribution in [-0.2, 0) is 0 Å². The maximum atomic E-state index is 13.3. The van der Waals surface area contributed by atoms with E-state index in [0.29, 0.717) is 23.2 Å². The minimum Gasteiger partial charge on any atom is -0.382 e. The van der Waals surface area contributed by atoms with E-state index >= 15 is 0 Å². The molecule has 2 rings (SSSR count). The summed E-state index contributed by atoms with van der Waals surface area (Å²) >= 11 is 0. The standard InChI is InChI=1S/C15H19FN2/c1-11(13-5-3-2-4-6-13)18-15-8-12(10-17)7-14(16)9-15/h7-9,11,13,18H,2-6H2,1H3. The zero-order chi connectivity index (χ0) is 13.0. The molecule has 0 amide bonds. The molecular weight excluding hydrogens is 227 g/mol. The molecule has 1 saturated carbocycles. The topological polar surface area (TPSA) is 35.8 Å². The summed E-state index contributed by atoms with van der Waals surface area (Å²) in [6.07, 6.45) is 6.41. The molecule has 0 heterocycles. The molecule has 18 heavy (non-hydrogen) atoms. The van der Waals surface area contributed by atoms with Gasteiger partial charge in [-0.1, -0.05) is 19.3 Å². The van der Waals surface area contributed by atoms with Crippen LogP contribution in [0.4, 0.5) is 10.1 Å². The molecule has 0 bridgehead atoms. The van der Waals surface area contributed by atoms with Crippen LogP contribution >= 0.6 is 0 Å². The first-order valence-corrected chi connectivity index (χ1v) is 6.66. The van der Waals surface area contributed by atoms with E-state index in [1.165, 1.54) is 44.2 Å². The van der Waals surface area contributed by atoms with Crippen LogP contribution in [0.15, 0.2) is 18.2 Å². The Bertz CT molecular complexity index is 444. The van der Waals surface area contributed by atoms with Gasteiger partial charge in [-0.05, 0) is 43.9 Å². The summed E-state index contributed by atoms with van der Waals surface area (Å²) in [6, 6.07) is 6.74. The predicted octanol–water partition coefficient (Wildman–Crippen LogP) is 4.08. The SMILES string of the molecule is CC(Nc1cc(F)cc(C#N)c1)C1CCCCC1. The normalized spacial score (nSPS) is 18.1. The maximum absolute atomic E-state index is 13.3. The number of benzene rings is 1. The van der Waals surface area contributed by atoms with Crippen LogP contribution < -0.4 is 5.32 Å². The van der Waals surface area contributed by atoms with Crippen molar-refractivity contribution >= 4 is 5.69 Å². The van der Waals surface area contributed by atoms with Crippen LogP contribution in [0.1, 0.15) is 44.6 Å². The third kappa shape index (κ3) is 3.22. The average molecular weight is 246 g/mol. The van der Waals surface area contributed by atoms with Crippen molar-refractivity contribution in [2.75, 3.05) is 5.32 Å². The van der Waals surface area contributed by atoms with E-state index in [-0.39, 0.29) is 5.82 Å². The van der Waals surface area contributed by atoms with Gasteiger partial charge in [-0.15, -0.1) is 0 Å². The third-order valence-corrected chi connectivity index (χ3v) is 3.78. The van der Waals surface area contributed by atoms with Crippen molar-refractivity contribution in [3.63, 3.8) is 0 Å². The zero-order valence-electron chi connectivity index (χ0n) is 10.7. The monoisotopic (exact) mass is 246 g/mol. The quantitative estimate of drug-likeness (QED) is 0.872. The predicted molar refractivity (Wildman–Crippen MR) is 70.8 cm³/mol. The summed E-state index contributed by atoms with van der Waals surface area (Å²) in [4.78, 5) is 0. The van der Waals surface area contributed by atoms with Gasteiger partial charge >= 0.3 is 0 Å². The Kier molecular flexibility index (Phi) is 4.19. The van der Waals surface area contributed by atoms with Gasteiger partial charge in [0.25, 0.3) is 0 Å². The van der Waals surface area contributed by atoms with E-state index in [2.05, 4.69) is 12.2 Å². The highest BCUT2D eigenvalue weighted by Gasteiger charge is 2.20. The van der Waals surface area contributed by atoms with Gasteiger partial charge in [0.05, 0.1) is 11.6 Å². The second kappa shape index (κ2) is 5.86. The second-order valence-corrected chi connectivity index (χ2v) is 5.17. The first-order valence-electron chi connectivity index (χ1n) is 6.66. The largest absolute Gasteiger partial charge is 0.382 e. The highest BCUT2D eigenvalue weighted by molar-refractivity contribution is 5.50. The smallest absolute Gasteiger partial charge is 0.126 e. The van der Waals surface area contributed by atoms with E-state index in [1.807, 2.05) is 6.07 Å². The van der Waals surface area contributed by atoms with Crippen molar-refractivity contribution in [1.29, 1.82) is 5.26 Å². The summed E-state index contributed by atoms with van der Waals surface area (Å²) < 4.78 is 13.3. The molecule has 3 heteroatoms. The number of rotatable bonds is 3. The van der Waals surface area contributed by atoms with Gasteiger partial charge in [-0.3, -0.25) is 0 Å². The highest BCUT2D eigenvalue weighted by atomic mass is 19.1.